The van der Waals surface area contributed by atoms with Crippen molar-refractivity contribution in [3.05, 3.63) is 34.7 Å². The Bertz CT molecular complexity index is 848. The van der Waals surface area contributed by atoms with Gasteiger partial charge in [0.25, 0.3) is 0 Å². The molecule has 0 aromatic heterocycles. The molecule has 2 fully saturated rings. The first-order valence-electron chi connectivity index (χ1n) is 10.7. The molecule has 2 saturated heterocycles. The largest absolute Gasteiger partial charge is 0.388 e. The van der Waals surface area contributed by atoms with E-state index < -0.39 is 41.6 Å². The number of nitrogens with one attached hydrogen (secondary N) is 1. The topological polar surface area (TPSA) is 126 Å². The highest BCUT2D eigenvalue weighted by Gasteiger charge is 2.44. The van der Waals surface area contributed by atoms with E-state index in [0.717, 1.165) is 24.3 Å². The molecule has 2 aliphatic rings. The molecule has 0 radical (unpaired) electrons. The molecule has 2 heterocycles. The van der Waals surface area contributed by atoms with Gasteiger partial charge in [0, 0.05) is 18.8 Å². The zero-order chi connectivity index (χ0) is 22.5. The molecular formula is C22H31N3O5S. The number of allylic oxidation sites excluding steroid dienone is 2. The molecule has 170 valence electrons. The van der Waals surface area contributed by atoms with Crippen LogP contribution in [0.1, 0.15) is 45.1 Å². The molecule has 6 atom stereocenters. The summed E-state index contributed by atoms with van der Waals surface area (Å²) in [5.74, 6) is 0. The molecule has 0 aliphatic carbocycles. The van der Waals surface area contributed by atoms with Gasteiger partial charge in [0.1, 0.15) is 34.2 Å². The van der Waals surface area contributed by atoms with Crippen molar-refractivity contribution in [3.8, 4) is 6.07 Å². The number of aliphatic hydroxyl groups is 3. The van der Waals surface area contributed by atoms with Crippen molar-refractivity contribution in [2.75, 3.05) is 18.0 Å². The third kappa shape index (κ3) is 5.34. The van der Waals surface area contributed by atoms with Gasteiger partial charge in [-0.05, 0) is 55.9 Å². The second kappa shape index (κ2) is 10.7. The number of benzene rings is 1. The van der Waals surface area contributed by atoms with Crippen molar-refractivity contribution < 1.29 is 24.3 Å². The van der Waals surface area contributed by atoms with Gasteiger partial charge < -0.3 is 25.0 Å². The minimum absolute atomic E-state index is 0.0165. The minimum atomic E-state index is -2.02. The van der Waals surface area contributed by atoms with Crippen LogP contribution in [-0.2, 0) is 15.7 Å². The third-order valence-electron chi connectivity index (χ3n) is 6.01. The lowest BCUT2D eigenvalue weighted by atomic mass is 9.96. The second-order valence-corrected chi connectivity index (χ2v) is 9.21. The molecule has 0 amide bonds. The first-order valence-corrected chi connectivity index (χ1v) is 11.9. The fourth-order valence-electron chi connectivity index (χ4n) is 4.06. The molecule has 4 N–H and O–H groups in total. The smallest absolute Gasteiger partial charge is 0.174 e. The predicted octanol–water partition coefficient (Wildman–Crippen LogP) is 1.40. The van der Waals surface area contributed by atoms with Crippen molar-refractivity contribution in [1.29, 1.82) is 5.26 Å². The number of piperidine rings is 1. The van der Waals surface area contributed by atoms with Crippen molar-refractivity contribution in [2.24, 2.45) is 0 Å². The van der Waals surface area contributed by atoms with Crippen LogP contribution in [0.4, 0.5) is 5.69 Å². The van der Waals surface area contributed by atoms with Gasteiger partial charge >= 0.3 is 0 Å². The van der Waals surface area contributed by atoms with Gasteiger partial charge in [-0.15, -0.1) is 0 Å². The van der Waals surface area contributed by atoms with Gasteiger partial charge in [-0.25, -0.2) is 8.93 Å². The normalized spacial score (nSPS) is 31.0. The van der Waals surface area contributed by atoms with Crippen LogP contribution in [0.3, 0.4) is 0 Å². The van der Waals surface area contributed by atoms with Gasteiger partial charge in [0.15, 0.2) is 6.29 Å². The van der Waals surface area contributed by atoms with Crippen LogP contribution in [0.25, 0.3) is 5.57 Å². The van der Waals surface area contributed by atoms with Crippen LogP contribution in [-0.4, -0.2) is 63.3 Å². The first-order chi connectivity index (χ1) is 14.9. The SMILES string of the molecule is CC[C@H]1OC(O)[C@H](NS(=O)/C(C#N)=C(\C)c2ccc(N3CCCCC3)cc2)[C@@H](O)[C@@H]1O. The summed E-state index contributed by atoms with van der Waals surface area (Å²) in [5, 5.41) is 40.3. The Balaban J connectivity index is 1.75. The van der Waals surface area contributed by atoms with Gasteiger partial charge in [-0.1, -0.05) is 19.1 Å². The Morgan fingerprint density at radius 2 is 1.84 bits per heavy atom. The molecule has 1 aromatic carbocycles. The van der Waals surface area contributed by atoms with Crippen molar-refractivity contribution in [2.45, 2.75) is 70.2 Å². The van der Waals surface area contributed by atoms with E-state index in [1.54, 1.807) is 13.8 Å². The third-order valence-corrected chi connectivity index (χ3v) is 7.27. The van der Waals surface area contributed by atoms with Crippen LogP contribution in [0, 0.1) is 11.3 Å². The molecule has 9 heteroatoms. The van der Waals surface area contributed by atoms with Gasteiger partial charge in [0.2, 0.25) is 0 Å². The average Bonchev–Trinajstić information content (AvgIpc) is 2.80. The summed E-state index contributed by atoms with van der Waals surface area (Å²) in [7, 11) is -2.02. The van der Waals surface area contributed by atoms with Gasteiger partial charge in [0.05, 0.1) is 12.1 Å². The van der Waals surface area contributed by atoms with Crippen molar-refractivity contribution >= 4 is 22.2 Å². The van der Waals surface area contributed by atoms with Crippen LogP contribution < -0.4 is 9.62 Å². The van der Waals surface area contributed by atoms with E-state index in [-0.39, 0.29) is 4.91 Å². The minimum Gasteiger partial charge on any atom is -0.388 e. The lowest BCUT2D eigenvalue weighted by Gasteiger charge is -2.40. The second-order valence-electron chi connectivity index (χ2n) is 8.03. The highest BCUT2D eigenvalue weighted by molar-refractivity contribution is 7.87. The Morgan fingerprint density at radius 3 is 2.42 bits per heavy atom. The van der Waals surface area contributed by atoms with E-state index in [1.807, 2.05) is 30.3 Å². The van der Waals surface area contributed by atoms with E-state index >= 15 is 0 Å². The van der Waals surface area contributed by atoms with E-state index in [1.165, 1.54) is 19.3 Å². The summed E-state index contributed by atoms with van der Waals surface area (Å²) in [4.78, 5) is 2.31. The number of aliphatic hydroxyl groups excluding tert-OH is 3. The van der Waals surface area contributed by atoms with E-state index in [0.29, 0.717) is 12.0 Å². The molecule has 0 saturated carbocycles. The Kier molecular flexibility index (Phi) is 8.22. The molecule has 1 aromatic rings. The van der Waals surface area contributed by atoms with Gasteiger partial charge in [-0.3, -0.25) is 0 Å². The van der Waals surface area contributed by atoms with Crippen LogP contribution in [0.15, 0.2) is 29.2 Å². The Morgan fingerprint density at radius 1 is 1.19 bits per heavy atom. The van der Waals surface area contributed by atoms with Crippen LogP contribution in [0.5, 0.6) is 0 Å². The molecule has 3 rings (SSSR count). The summed E-state index contributed by atoms with van der Waals surface area (Å²) in [6, 6.07) is 8.57. The number of ether oxygens (including phenoxy) is 1. The van der Waals surface area contributed by atoms with E-state index in [4.69, 9.17) is 4.74 Å². The monoisotopic (exact) mass is 449 g/mol. The number of nitrogens with zero attached hydrogens (tertiary/aromatic N) is 2. The number of nitriles is 1. The fourth-order valence-corrected chi connectivity index (χ4v) is 5.16. The van der Waals surface area contributed by atoms with Gasteiger partial charge in [-0.2, -0.15) is 5.26 Å². The maximum absolute atomic E-state index is 12.9. The highest BCUT2D eigenvalue weighted by atomic mass is 32.2. The first kappa shape index (κ1) is 23.9. The summed E-state index contributed by atoms with van der Waals surface area (Å²) in [6.07, 6.45) is -0.783. The maximum Gasteiger partial charge on any atom is 0.174 e. The van der Waals surface area contributed by atoms with Crippen molar-refractivity contribution in [3.63, 3.8) is 0 Å². The van der Waals surface area contributed by atoms with Crippen molar-refractivity contribution in [1.82, 2.24) is 4.72 Å². The number of hydrogen-bond donors (Lipinski definition) is 4. The van der Waals surface area contributed by atoms with Crippen LogP contribution >= 0.6 is 0 Å². The maximum atomic E-state index is 12.9. The summed E-state index contributed by atoms with van der Waals surface area (Å²) in [6.45, 7) is 5.53. The standard InChI is InChI=1S/C22H31N3O5S/c1-3-17-20(26)21(27)19(22(28)30-17)24-31(29)18(13-23)14(2)15-7-9-16(10-8-15)25-11-5-4-6-12-25/h7-10,17,19-22,24,26-28H,3-6,11-12H2,1-2H3/b18-14+/t17-,19-,20-,21-,22?,31?/m1/s1. The number of anilines is 1. The fraction of sp³-hybridized carbons (Fsp3) is 0.591. The van der Waals surface area contributed by atoms with E-state index in [2.05, 4.69) is 9.62 Å². The molecule has 0 bridgehead atoms. The zero-order valence-electron chi connectivity index (χ0n) is 17.9. The van der Waals surface area contributed by atoms with E-state index in [9.17, 15) is 24.8 Å². The number of rotatable bonds is 6. The Hall–Kier alpha value is -1.80. The Labute approximate surface area is 185 Å². The number of hydrogen-bond acceptors (Lipinski definition) is 7. The molecule has 31 heavy (non-hydrogen) atoms. The molecule has 8 nitrogen and oxygen atoms in total. The summed E-state index contributed by atoms with van der Waals surface area (Å²) >= 11 is 0. The highest BCUT2D eigenvalue weighted by Crippen LogP contribution is 2.26. The molecular weight excluding hydrogens is 418 g/mol. The zero-order valence-corrected chi connectivity index (χ0v) is 18.7. The molecule has 2 aliphatic heterocycles. The lowest BCUT2D eigenvalue weighted by molar-refractivity contribution is -0.244. The van der Waals surface area contributed by atoms with Crippen LogP contribution in [0.2, 0.25) is 0 Å². The summed E-state index contributed by atoms with van der Waals surface area (Å²) in [5.41, 5.74) is 2.42. The summed E-state index contributed by atoms with van der Waals surface area (Å²) < 4.78 is 20.7. The quantitative estimate of drug-likeness (QED) is 0.484. The molecule has 2 unspecified atom stereocenters. The predicted molar refractivity (Wildman–Crippen MR) is 119 cm³/mol. The molecule has 0 spiro atoms. The average molecular weight is 450 g/mol. The lowest BCUT2D eigenvalue weighted by Crippen LogP contribution is -2.62.